The van der Waals surface area contributed by atoms with Crippen molar-refractivity contribution >= 4 is 5.95 Å². The Morgan fingerprint density at radius 3 is 2.64 bits per heavy atom. The van der Waals surface area contributed by atoms with E-state index in [9.17, 15) is 0 Å². The van der Waals surface area contributed by atoms with Gasteiger partial charge in [0.2, 0.25) is 5.95 Å². The Morgan fingerprint density at radius 1 is 1.43 bits per heavy atom. The largest absolute Gasteiger partial charge is 0.352 e. The van der Waals surface area contributed by atoms with Crippen LogP contribution in [-0.4, -0.2) is 23.1 Å². The zero-order chi connectivity index (χ0) is 10.6. The average molecular weight is 194 g/mol. The van der Waals surface area contributed by atoms with Gasteiger partial charge in [-0.1, -0.05) is 0 Å². The molecule has 0 spiro atoms. The van der Waals surface area contributed by atoms with Crippen molar-refractivity contribution in [3.05, 3.63) is 17.5 Å². The van der Waals surface area contributed by atoms with Gasteiger partial charge < -0.3 is 10.6 Å². The molecule has 0 amide bonds. The summed E-state index contributed by atoms with van der Waals surface area (Å²) in [6, 6.07) is 0.365. The molecule has 4 heteroatoms. The van der Waals surface area contributed by atoms with Crippen molar-refractivity contribution in [2.45, 2.75) is 33.4 Å². The molecule has 0 aliphatic carbocycles. The normalized spacial score (nSPS) is 10.6. The molecule has 1 rings (SSSR count). The van der Waals surface area contributed by atoms with Gasteiger partial charge in [-0.05, 0) is 27.8 Å². The summed E-state index contributed by atoms with van der Waals surface area (Å²) in [5.41, 5.74) is 2.17. The third-order valence-electron chi connectivity index (χ3n) is 1.87. The number of anilines is 1. The van der Waals surface area contributed by atoms with Crippen molar-refractivity contribution in [2.24, 2.45) is 0 Å². The van der Waals surface area contributed by atoms with Gasteiger partial charge in [-0.15, -0.1) is 0 Å². The number of aromatic nitrogens is 2. The van der Waals surface area contributed by atoms with Crippen molar-refractivity contribution in [3.8, 4) is 0 Å². The molecule has 1 aromatic rings. The first-order valence-corrected chi connectivity index (χ1v) is 4.87. The fraction of sp³-hybridized carbons (Fsp3) is 0.600. The fourth-order valence-corrected chi connectivity index (χ4v) is 1.18. The van der Waals surface area contributed by atoms with Crippen LogP contribution in [0, 0.1) is 6.92 Å². The van der Waals surface area contributed by atoms with Crippen LogP contribution in [0.15, 0.2) is 6.20 Å². The molecule has 0 saturated carbocycles. The number of hydrogen-bond donors (Lipinski definition) is 2. The SMILES string of the molecule is CNCc1cnc(NC(C)C)nc1C. The number of rotatable bonds is 4. The topological polar surface area (TPSA) is 49.8 Å². The van der Waals surface area contributed by atoms with Gasteiger partial charge in [-0.2, -0.15) is 0 Å². The van der Waals surface area contributed by atoms with Crippen LogP contribution in [0.1, 0.15) is 25.1 Å². The third kappa shape index (κ3) is 2.96. The van der Waals surface area contributed by atoms with E-state index >= 15 is 0 Å². The molecule has 0 unspecified atom stereocenters. The number of nitrogens with zero attached hydrogens (tertiary/aromatic N) is 2. The van der Waals surface area contributed by atoms with Gasteiger partial charge in [-0.3, -0.25) is 0 Å². The van der Waals surface area contributed by atoms with Crippen molar-refractivity contribution in [1.29, 1.82) is 0 Å². The highest BCUT2D eigenvalue weighted by Gasteiger charge is 2.02. The van der Waals surface area contributed by atoms with Crippen molar-refractivity contribution in [3.63, 3.8) is 0 Å². The minimum Gasteiger partial charge on any atom is -0.352 e. The number of aryl methyl sites for hydroxylation is 1. The number of nitrogens with one attached hydrogen (secondary N) is 2. The van der Waals surface area contributed by atoms with Crippen LogP contribution >= 0.6 is 0 Å². The highest BCUT2D eigenvalue weighted by molar-refractivity contribution is 5.29. The second kappa shape index (κ2) is 4.91. The minimum absolute atomic E-state index is 0.365. The molecule has 0 bridgehead atoms. The van der Waals surface area contributed by atoms with Crippen molar-refractivity contribution in [1.82, 2.24) is 15.3 Å². The summed E-state index contributed by atoms with van der Waals surface area (Å²) >= 11 is 0. The maximum absolute atomic E-state index is 4.37. The molecule has 0 saturated heterocycles. The molecular formula is C10H18N4. The first-order chi connectivity index (χ1) is 6.63. The number of hydrogen-bond acceptors (Lipinski definition) is 4. The van der Waals surface area contributed by atoms with Gasteiger partial charge in [0.05, 0.1) is 0 Å². The first kappa shape index (κ1) is 10.9. The molecule has 1 aromatic heterocycles. The molecule has 2 N–H and O–H groups in total. The van der Waals surface area contributed by atoms with E-state index in [-0.39, 0.29) is 0 Å². The lowest BCUT2D eigenvalue weighted by Crippen LogP contribution is -2.14. The summed E-state index contributed by atoms with van der Waals surface area (Å²) in [6.07, 6.45) is 1.86. The lowest BCUT2D eigenvalue weighted by Gasteiger charge is -2.10. The van der Waals surface area contributed by atoms with E-state index in [1.165, 1.54) is 0 Å². The fourth-order valence-electron chi connectivity index (χ4n) is 1.18. The maximum Gasteiger partial charge on any atom is 0.223 e. The van der Waals surface area contributed by atoms with Gasteiger partial charge in [0.25, 0.3) is 0 Å². The van der Waals surface area contributed by atoms with E-state index in [2.05, 4.69) is 34.4 Å². The Bertz CT molecular complexity index is 296. The maximum atomic E-state index is 4.37. The quantitative estimate of drug-likeness (QED) is 0.759. The van der Waals surface area contributed by atoms with Crippen LogP contribution in [0.2, 0.25) is 0 Å². The molecule has 0 aromatic carbocycles. The van der Waals surface area contributed by atoms with Crippen molar-refractivity contribution in [2.75, 3.05) is 12.4 Å². The van der Waals surface area contributed by atoms with Crippen LogP contribution in [0.4, 0.5) is 5.95 Å². The zero-order valence-electron chi connectivity index (χ0n) is 9.26. The molecule has 0 atom stereocenters. The molecular weight excluding hydrogens is 176 g/mol. The molecule has 78 valence electrons. The van der Waals surface area contributed by atoms with Crippen LogP contribution < -0.4 is 10.6 Å². The second-order valence-corrected chi connectivity index (χ2v) is 3.63. The van der Waals surface area contributed by atoms with Crippen LogP contribution in [0.5, 0.6) is 0 Å². The molecule has 1 heterocycles. The molecule has 0 fully saturated rings. The van der Waals surface area contributed by atoms with E-state index < -0.39 is 0 Å². The Labute approximate surface area is 85.2 Å². The molecule has 4 nitrogen and oxygen atoms in total. The zero-order valence-corrected chi connectivity index (χ0v) is 9.26. The summed E-state index contributed by atoms with van der Waals surface area (Å²) in [5.74, 6) is 0.706. The van der Waals surface area contributed by atoms with E-state index in [1.54, 1.807) is 0 Å². The van der Waals surface area contributed by atoms with Crippen LogP contribution in [0.3, 0.4) is 0 Å². The van der Waals surface area contributed by atoms with Crippen LogP contribution in [-0.2, 0) is 6.54 Å². The lowest BCUT2D eigenvalue weighted by atomic mass is 10.2. The standard InChI is InChI=1S/C10H18N4/c1-7(2)13-10-12-6-9(5-11-4)8(3)14-10/h6-7,11H,5H2,1-4H3,(H,12,13,14). The summed E-state index contributed by atoms with van der Waals surface area (Å²) in [7, 11) is 1.92. The summed E-state index contributed by atoms with van der Waals surface area (Å²) in [6.45, 7) is 6.95. The predicted molar refractivity (Wildman–Crippen MR) is 58.3 cm³/mol. The van der Waals surface area contributed by atoms with E-state index in [1.807, 2.05) is 20.2 Å². The van der Waals surface area contributed by atoms with Gasteiger partial charge in [-0.25, -0.2) is 9.97 Å². The smallest absolute Gasteiger partial charge is 0.223 e. The molecule has 0 aliphatic rings. The molecule has 0 radical (unpaired) electrons. The van der Waals surface area contributed by atoms with Crippen LogP contribution in [0.25, 0.3) is 0 Å². The van der Waals surface area contributed by atoms with Gasteiger partial charge in [0.1, 0.15) is 0 Å². The Kier molecular flexibility index (Phi) is 3.83. The monoisotopic (exact) mass is 194 g/mol. The second-order valence-electron chi connectivity index (χ2n) is 3.63. The van der Waals surface area contributed by atoms with Gasteiger partial charge >= 0.3 is 0 Å². The van der Waals surface area contributed by atoms with E-state index in [0.29, 0.717) is 12.0 Å². The molecule has 0 aliphatic heterocycles. The Balaban J connectivity index is 2.78. The summed E-state index contributed by atoms with van der Waals surface area (Å²) in [5, 5.41) is 6.26. The molecule has 14 heavy (non-hydrogen) atoms. The van der Waals surface area contributed by atoms with E-state index in [4.69, 9.17) is 0 Å². The third-order valence-corrected chi connectivity index (χ3v) is 1.87. The minimum atomic E-state index is 0.365. The first-order valence-electron chi connectivity index (χ1n) is 4.87. The van der Waals surface area contributed by atoms with Gasteiger partial charge in [0, 0.05) is 30.0 Å². The average Bonchev–Trinajstić information content (AvgIpc) is 2.09. The van der Waals surface area contributed by atoms with Crippen molar-refractivity contribution < 1.29 is 0 Å². The Morgan fingerprint density at radius 2 is 2.14 bits per heavy atom. The lowest BCUT2D eigenvalue weighted by molar-refractivity contribution is 0.792. The highest BCUT2D eigenvalue weighted by atomic mass is 15.1. The van der Waals surface area contributed by atoms with Gasteiger partial charge in [0.15, 0.2) is 0 Å². The van der Waals surface area contributed by atoms with E-state index in [0.717, 1.165) is 17.8 Å². The highest BCUT2D eigenvalue weighted by Crippen LogP contribution is 2.07. The summed E-state index contributed by atoms with van der Waals surface area (Å²) < 4.78 is 0. The Hall–Kier alpha value is -1.16. The summed E-state index contributed by atoms with van der Waals surface area (Å²) in [4.78, 5) is 8.61. The predicted octanol–water partition coefficient (Wildman–Crippen LogP) is 1.32.